The lowest BCUT2D eigenvalue weighted by Crippen LogP contribution is -2.65. The summed E-state index contributed by atoms with van der Waals surface area (Å²) in [5, 5.41) is 39.6. The molecule has 2 saturated heterocycles. The van der Waals surface area contributed by atoms with Gasteiger partial charge in [0.25, 0.3) is 0 Å². The Bertz CT molecular complexity index is 687. The first kappa shape index (κ1) is 27.1. The van der Waals surface area contributed by atoms with E-state index in [-0.39, 0.29) is 0 Å². The average molecular weight is 500 g/mol. The van der Waals surface area contributed by atoms with Crippen molar-refractivity contribution < 1.29 is 72.4 Å². The Hall–Kier alpha value is -0.140. The van der Waals surface area contributed by atoms with Gasteiger partial charge in [-0.15, -0.1) is 0 Å². The molecule has 17 nitrogen and oxygen atoms in total. The Labute approximate surface area is 174 Å². The number of aliphatic hydroxyl groups is 4. The predicted octanol–water partition coefficient (Wildman–Crippen LogP) is -5.23. The molecule has 2 heterocycles. The van der Waals surface area contributed by atoms with Crippen LogP contribution in [0.15, 0.2) is 0 Å². The van der Waals surface area contributed by atoms with Gasteiger partial charge in [-0.2, -0.15) is 0 Å². The minimum Gasteiger partial charge on any atom is -0.394 e. The molecule has 0 unspecified atom stereocenters. The molecular formula is C12H26N2O15P2. The van der Waals surface area contributed by atoms with Crippen LogP contribution in [0.5, 0.6) is 0 Å². The fourth-order valence-corrected chi connectivity index (χ4v) is 4.08. The highest BCUT2D eigenvalue weighted by Crippen LogP contribution is 2.42. The lowest BCUT2D eigenvalue weighted by molar-refractivity contribution is -0.290. The predicted molar refractivity (Wildman–Crippen MR) is 94.4 cm³/mol. The third-order valence-corrected chi connectivity index (χ3v) is 5.57. The number of phosphoric acid groups is 2. The largest absolute Gasteiger partial charge is 0.471 e. The van der Waals surface area contributed by atoms with Crippen molar-refractivity contribution in [2.45, 2.75) is 61.3 Å². The van der Waals surface area contributed by atoms with E-state index in [1.807, 2.05) is 0 Å². The van der Waals surface area contributed by atoms with Gasteiger partial charge in [-0.25, -0.2) is 9.13 Å². The molecule has 0 bridgehead atoms. The molecule has 2 aliphatic rings. The molecule has 0 aromatic rings. The van der Waals surface area contributed by atoms with Crippen LogP contribution < -0.4 is 11.5 Å². The van der Waals surface area contributed by atoms with Gasteiger partial charge in [-0.05, 0) is 0 Å². The molecule has 31 heavy (non-hydrogen) atoms. The summed E-state index contributed by atoms with van der Waals surface area (Å²) in [5.74, 6) is 0. The van der Waals surface area contributed by atoms with Gasteiger partial charge in [-0.1, -0.05) is 0 Å². The number of hydrogen-bond acceptors (Lipinski definition) is 13. The second kappa shape index (κ2) is 10.4. The molecule has 0 spiro atoms. The Morgan fingerprint density at radius 1 is 0.774 bits per heavy atom. The van der Waals surface area contributed by atoms with Crippen LogP contribution >= 0.6 is 15.6 Å². The van der Waals surface area contributed by atoms with Gasteiger partial charge < -0.3 is 65.7 Å². The molecule has 10 atom stereocenters. The molecule has 0 aliphatic carbocycles. The topological polar surface area (TPSA) is 294 Å². The fourth-order valence-electron chi connectivity index (χ4n) is 3.04. The summed E-state index contributed by atoms with van der Waals surface area (Å²) in [6.45, 7) is -1.47. The monoisotopic (exact) mass is 500 g/mol. The van der Waals surface area contributed by atoms with Crippen LogP contribution in [0.2, 0.25) is 0 Å². The highest BCUT2D eigenvalue weighted by molar-refractivity contribution is 7.46. The molecule has 2 rings (SSSR count). The zero-order valence-corrected chi connectivity index (χ0v) is 17.5. The van der Waals surface area contributed by atoms with E-state index in [1.165, 1.54) is 0 Å². The van der Waals surface area contributed by atoms with E-state index in [2.05, 4.69) is 9.05 Å². The van der Waals surface area contributed by atoms with Crippen LogP contribution in [-0.2, 0) is 32.4 Å². The maximum absolute atomic E-state index is 11.1. The molecule has 2 aliphatic heterocycles. The zero-order valence-electron chi connectivity index (χ0n) is 15.7. The summed E-state index contributed by atoms with van der Waals surface area (Å²) in [6, 6.07) is -2.97. The Morgan fingerprint density at radius 2 is 1.29 bits per heavy atom. The highest BCUT2D eigenvalue weighted by Gasteiger charge is 2.49. The Balaban J connectivity index is 2.05. The van der Waals surface area contributed by atoms with Crippen molar-refractivity contribution in [3.8, 4) is 0 Å². The van der Waals surface area contributed by atoms with E-state index < -0.39 is 90.1 Å². The summed E-state index contributed by atoms with van der Waals surface area (Å²) in [6.07, 6.45) is -13.1. The lowest BCUT2D eigenvalue weighted by Gasteiger charge is -2.44. The number of hydrogen-bond donors (Lipinski definition) is 10. The minimum atomic E-state index is -5.07. The van der Waals surface area contributed by atoms with Crippen LogP contribution in [0, 0.1) is 0 Å². The number of nitrogens with two attached hydrogens (primary N) is 2. The maximum Gasteiger partial charge on any atom is 0.471 e. The first-order valence-corrected chi connectivity index (χ1v) is 11.8. The van der Waals surface area contributed by atoms with Gasteiger partial charge in [0.1, 0.15) is 36.6 Å². The Morgan fingerprint density at radius 3 is 1.81 bits per heavy atom. The van der Waals surface area contributed by atoms with Crippen molar-refractivity contribution in [2.24, 2.45) is 11.5 Å². The first-order chi connectivity index (χ1) is 14.1. The third kappa shape index (κ3) is 7.17. The first-order valence-electron chi connectivity index (χ1n) is 8.71. The van der Waals surface area contributed by atoms with Crippen molar-refractivity contribution in [2.75, 3.05) is 13.2 Å². The number of ether oxygens (including phenoxy) is 3. The summed E-state index contributed by atoms with van der Waals surface area (Å²) >= 11 is 0. The van der Waals surface area contributed by atoms with Crippen molar-refractivity contribution in [3.05, 3.63) is 0 Å². The van der Waals surface area contributed by atoms with Crippen LogP contribution in [0.3, 0.4) is 0 Å². The third-order valence-electron chi connectivity index (χ3n) is 4.57. The quantitative estimate of drug-likeness (QED) is 0.139. The molecule has 12 N–H and O–H groups in total. The molecular weight excluding hydrogens is 474 g/mol. The number of phosphoric ester groups is 2. The molecule has 19 heteroatoms. The van der Waals surface area contributed by atoms with Crippen LogP contribution in [0.4, 0.5) is 0 Å². The summed E-state index contributed by atoms with van der Waals surface area (Å²) in [7, 11) is -10.1. The summed E-state index contributed by atoms with van der Waals surface area (Å²) in [5.41, 5.74) is 11.3. The van der Waals surface area contributed by atoms with Gasteiger partial charge in [0.15, 0.2) is 12.6 Å². The van der Waals surface area contributed by atoms with E-state index in [0.717, 1.165) is 0 Å². The van der Waals surface area contributed by atoms with Gasteiger partial charge in [0.2, 0.25) is 0 Å². The minimum absolute atomic E-state index is 0.626. The SMILES string of the molecule is N[C@H]1[C@@H](OP(=O)(O)O)O[C@H](CO[C@@H]2O[C@H](CO)[C@@H](OP(=O)(O)O)[C@H](O)[C@H]2N)[C@@H](O)[C@@H]1O. The van der Waals surface area contributed by atoms with Crippen LogP contribution in [0.25, 0.3) is 0 Å². The molecule has 2 fully saturated rings. The molecule has 0 amide bonds. The molecule has 0 aromatic heterocycles. The van der Waals surface area contributed by atoms with Gasteiger partial charge in [-0.3, -0.25) is 9.05 Å². The van der Waals surface area contributed by atoms with Crippen LogP contribution in [0.1, 0.15) is 0 Å². The molecule has 0 saturated carbocycles. The zero-order chi connectivity index (χ0) is 23.7. The van der Waals surface area contributed by atoms with Crippen molar-refractivity contribution in [1.29, 1.82) is 0 Å². The van der Waals surface area contributed by atoms with E-state index in [4.69, 9.17) is 45.3 Å². The highest BCUT2D eigenvalue weighted by atomic mass is 31.2. The molecule has 0 radical (unpaired) electrons. The van der Waals surface area contributed by atoms with E-state index >= 15 is 0 Å². The average Bonchev–Trinajstić information content (AvgIpc) is 2.64. The summed E-state index contributed by atoms with van der Waals surface area (Å²) < 4.78 is 46.5. The van der Waals surface area contributed by atoms with Gasteiger partial charge >= 0.3 is 15.6 Å². The van der Waals surface area contributed by atoms with Crippen molar-refractivity contribution in [3.63, 3.8) is 0 Å². The maximum atomic E-state index is 11.1. The summed E-state index contributed by atoms with van der Waals surface area (Å²) in [4.78, 5) is 35.7. The fraction of sp³-hybridized carbons (Fsp3) is 1.00. The lowest BCUT2D eigenvalue weighted by atomic mass is 9.97. The standard InChI is InChI=1S/C12H26N2O15P2/c13-5-8(17)7(16)4(27-12(5)29-31(22,23)24)2-25-11-6(14)9(18)10(3(1-15)26-11)28-30(19,20)21/h3-12,15-18H,1-2,13-14H2,(H2,19,20,21)(H2,22,23,24)/t3-,4-,5-,6-,7-,8-,9-,10-,11-,12-/m1/s1. The normalized spacial score (nSPS) is 42.5. The molecule has 184 valence electrons. The van der Waals surface area contributed by atoms with Gasteiger partial charge in [0, 0.05) is 0 Å². The second-order valence-corrected chi connectivity index (χ2v) is 9.27. The smallest absolute Gasteiger partial charge is 0.394 e. The van der Waals surface area contributed by atoms with Crippen LogP contribution in [-0.4, -0.2) is 115 Å². The number of rotatable bonds is 8. The second-order valence-electron chi connectivity index (χ2n) is 6.88. The molecule has 0 aromatic carbocycles. The van der Waals surface area contributed by atoms with Crippen molar-refractivity contribution in [1.82, 2.24) is 0 Å². The van der Waals surface area contributed by atoms with Crippen molar-refractivity contribution >= 4 is 15.6 Å². The van der Waals surface area contributed by atoms with E-state index in [9.17, 15) is 29.6 Å². The Kier molecular flexibility index (Phi) is 9.11. The van der Waals surface area contributed by atoms with E-state index in [0.29, 0.717) is 0 Å². The number of aliphatic hydroxyl groups excluding tert-OH is 4. The van der Waals surface area contributed by atoms with E-state index in [1.54, 1.807) is 0 Å². The van der Waals surface area contributed by atoms with Gasteiger partial charge in [0.05, 0.1) is 25.3 Å².